The Hall–Kier alpha value is -1.72. The van der Waals surface area contributed by atoms with Crippen molar-refractivity contribution in [3.05, 3.63) is 29.3 Å². The van der Waals surface area contributed by atoms with Crippen molar-refractivity contribution in [2.45, 2.75) is 18.5 Å². The Morgan fingerprint density at radius 3 is 2.76 bits per heavy atom. The Bertz CT molecular complexity index is 454. The second-order valence-electron chi connectivity index (χ2n) is 3.86. The molecule has 0 spiro atoms. The van der Waals surface area contributed by atoms with Gasteiger partial charge in [-0.1, -0.05) is 6.07 Å². The number of carboxylic acid groups (broad SMARTS) is 1. The van der Waals surface area contributed by atoms with Gasteiger partial charge in [0.2, 0.25) is 0 Å². The summed E-state index contributed by atoms with van der Waals surface area (Å²) in [5, 5.41) is 8.65. The number of carboxylic acids is 1. The lowest BCUT2D eigenvalue weighted by Gasteiger charge is -2.09. The fourth-order valence-corrected chi connectivity index (χ4v) is 1.83. The zero-order valence-corrected chi connectivity index (χ0v) is 8.62. The first-order valence-electron chi connectivity index (χ1n) is 4.93. The quantitative estimate of drug-likeness (QED) is 0.872. The zero-order chi connectivity index (χ0) is 12.6. The molecule has 0 saturated heterocycles. The van der Waals surface area contributed by atoms with Gasteiger partial charge in [-0.05, 0) is 12.1 Å². The number of hydrogen-bond donors (Lipinski definition) is 1. The number of aliphatic carboxylic acids is 1. The van der Waals surface area contributed by atoms with Crippen molar-refractivity contribution >= 4 is 5.97 Å². The van der Waals surface area contributed by atoms with Gasteiger partial charge in [0.05, 0.1) is 18.6 Å². The fourth-order valence-electron chi connectivity index (χ4n) is 1.83. The molecule has 1 aromatic carbocycles. The third-order valence-corrected chi connectivity index (χ3v) is 2.64. The van der Waals surface area contributed by atoms with Gasteiger partial charge in [0.15, 0.2) is 0 Å². The first kappa shape index (κ1) is 11.8. The Kier molecular flexibility index (Phi) is 2.73. The van der Waals surface area contributed by atoms with Gasteiger partial charge >= 0.3 is 12.1 Å². The van der Waals surface area contributed by atoms with E-state index in [-0.39, 0.29) is 24.7 Å². The lowest BCUT2D eigenvalue weighted by Crippen LogP contribution is -2.07. The number of ether oxygens (including phenoxy) is 1. The van der Waals surface area contributed by atoms with Crippen LogP contribution in [0.4, 0.5) is 13.2 Å². The first-order valence-corrected chi connectivity index (χ1v) is 4.93. The number of fused-ring (bicyclic) bond motifs is 1. The number of rotatable bonds is 2. The molecule has 1 aromatic rings. The lowest BCUT2D eigenvalue weighted by molar-refractivity contribution is -0.138. The Morgan fingerprint density at radius 2 is 2.18 bits per heavy atom. The van der Waals surface area contributed by atoms with Gasteiger partial charge < -0.3 is 9.84 Å². The monoisotopic (exact) mass is 246 g/mol. The topological polar surface area (TPSA) is 46.5 Å². The molecule has 0 aromatic heterocycles. The van der Waals surface area contributed by atoms with E-state index in [9.17, 15) is 18.0 Å². The Balaban J connectivity index is 2.29. The molecule has 3 nitrogen and oxygen atoms in total. The molecule has 1 heterocycles. The van der Waals surface area contributed by atoms with Crippen LogP contribution in [0.1, 0.15) is 23.5 Å². The molecule has 1 aliphatic rings. The summed E-state index contributed by atoms with van der Waals surface area (Å²) in [5.41, 5.74) is -0.257. The van der Waals surface area contributed by atoms with Crippen LogP contribution in [0.15, 0.2) is 18.2 Å². The highest BCUT2D eigenvalue weighted by Crippen LogP contribution is 2.40. The average Bonchev–Trinajstić information content (AvgIpc) is 2.59. The van der Waals surface area contributed by atoms with Gasteiger partial charge in [0.25, 0.3) is 0 Å². The number of halogens is 3. The maximum absolute atomic E-state index is 12.4. The number of alkyl halides is 3. The predicted octanol–water partition coefficient (Wildman–Crippen LogP) is 2.66. The van der Waals surface area contributed by atoms with Gasteiger partial charge in [-0.2, -0.15) is 13.2 Å². The molecule has 1 atom stereocenters. The van der Waals surface area contributed by atoms with Crippen molar-refractivity contribution in [2.24, 2.45) is 0 Å². The van der Waals surface area contributed by atoms with Crippen LogP contribution >= 0.6 is 0 Å². The van der Waals surface area contributed by atoms with Crippen LogP contribution in [0.2, 0.25) is 0 Å². The van der Waals surface area contributed by atoms with Crippen LogP contribution in [-0.2, 0) is 11.0 Å². The summed E-state index contributed by atoms with van der Waals surface area (Å²) in [6.45, 7) is 0.114. The molecular formula is C11H9F3O3. The average molecular weight is 246 g/mol. The summed E-state index contributed by atoms with van der Waals surface area (Å²) in [4.78, 5) is 10.6. The summed E-state index contributed by atoms with van der Waals surface area (Å²) in [5.74, 6) is -1.23. The molecule has 0 unspecified atom stereocenters. The van der Waals surface area contributed by atoms with Crippen molar-refractivity contribution in [3.8, 4) is 5.75 Å². The first-order chi connectivity index (χ1) is 7.88. The molecule has 1 aliphatic heterocycles. The van der Waals surface area contributed by atoms with Crippen molar-refractivity contribution < 1.29 is 27.8 Å². The molecule has 0 saturated carbocycles. The van der Waals surface area contributed by atoms with Gasteiger partial charge in [0.1, 0.15) is 5.75 Å². The maximum atomic E-state index is 12.4. The SMILES string of the molecule is O=C(O)C[C@H]1COc2cc(C(F)(F)F)ccc21. The fraction of sp³-hybridized carbons (Fsp3) is 0.364. The summed E-state index contributed by atoms with van der Waals surface area (Å²) >= 11 is 0. The molecule has 0 radical (unpaired) electrons. The van der Waals surface area contributed by atoms with E-state index in [1.807, 2.05) is 0 Å². The van der Waals surface area contributed by atoms with Crippen molar-refractivity contribution in [3.63, 3.8) is 0 Å². The normalized spacial score (nSPS) is 18.6. The highest BCUT2D eigenvalue weighted by molar-refractivity contribution is 5.68. The largest absolute Gasteiger partial charge is 0.493 e. The van der Waals surface area contributed by atoms with Crippen LogP contribution < -0.4 is 4.74 Å². The molecule has 0 amide bonds. The lowest BCUT2D eigenvalue weighted by atomic mass is 9.97. The van der Waals surface area contributed by atoms with E-state index in [1.54, 1.807) is 0 Å². The molecular weight excluding hydrogens is 237 g/mol. The third-order valence-electron chi connectivity index (χ3n) is 2.64. The van der Waals surface area contributed by atoms with Crippen LogP contribution in [-0.4, -0.2) is 17.7 Å². The van der Waals surface area contributed by atoms with Gasteiger partial charge in [0, 0.05) is 11.5 Å². The molecule has 1 N–H and O–H groups in total. The van der Waals surface area contributed by atoms with Crippen LogP contribution in [0.25, 0.3) is 0 Å². The number of hydrogen-bond acceptors (Lipinski definition) is 2. The van der Waals surface area contributed by atoms with E-state index in [4.69, 9.17) is 9.84 Å². The summed E-state index contributed by atoms with van der Waals surface area (Å²) in [6, 6.07) is 3.15. The van der Waals surface area contributed by atoms with E-state index in [0.29, 0.717) is 5.56 Å². The van der Waals surface area contributed by atoms with Gasteiger partial charge in [-0.15, -0.1) is 0 Å². The zero-order valence-electron chi connectivity index (χ0n) is 8.62. The summed E-state index contributed by atoms with van der Waals surface area (Å²) in [6.07, 6.45) is -4.55. The Labute approximate surface area is 94.8 Å². The Morgan fingerprint density at radius 1 is 1.47 bits per heavy atom. The molecule has 17 heavy (non-hydrogen) atoms. The second kappa shape index (κ2) is 3.94. The molecule has 0 fully saturated rings. The van der Waals surface area contributed by atoms with Crippen LogP contribution in [0, 0.1) is 0 Å². The van der Waals surface area contributed by atoms with E-state index in [2.05, 4.69) is 0 Å². The highest BCUT2D eigenvalue weighted by Gasteiger charge is 2.34. The van der Waals surface area contributed by atoms with E-state index in [1.165, 1.54) is 6.07 Å². The maximum Gasteiger partial charge on any atom is 0.416 e. The van der Waals surface area contributed by atoms with Crippen LogP contribution in [0.5, 0.6) is 5.75 Å². The molecule has 2 rings (SSSR count). The summed E-state index contributed by atoms with van der Waals surface area (Å²) in [7, 11) is 0. The number of carbonyl (C=O) groups is 1. The number of benzene rings is 1. The second-order valence-corrected chi connectivity index (χ2v) is 3.86. The predicted molar refractivity (Wildman–Crippen MR) is 51.9 cm³/mol. The standard InChI is InChI=1S/C11H9F3O3/c12-11(13,14)7-1-2-8-6(3-10(15)16)5-17-9(8)4-7/h1-2,4,6H,3,5H2,(H,15,16)/t6-/m0/s1. The van der Waals surface area contributed by atoms with Gasteiger partial charge in [-0.25, -0.2) is 0 Å². The summed E-state index contributed by atoms with van der Waals surface area (Å²) < 4.78 is 42.3. The highest BCUT2D eigenvalue weighted by atomic mass is 19.4. The van der Waals surface area contributed by atoms with Crippen molar-refractivity contribution in [1.82, 2.24) is 0 Å². The molecule has 6 heteroatoms. The van der Waals surface area contributed by atoms with E-state index in [0.717, 1.165) is 12.1 Å². The minimum Gasteiger partial charge on any atom is -0.493 e. The molecule has 92 valence electrons. The van der Waals surface area contributed by atoms with Crippen LogP contribution in [0.3, 0.4) is 0 Å². The van der Waals surface area contributed by atoms with E-state index < -0.39 is 17.7 Å². The minimum absolute atomic E-state index is 0.114. The minimum atomic E-state index is -4.41. The molecule has 0 bridgehead atoms. The molecule has 0 aliphatic carbocycles. The van der Waals surface area contributed by atoms with Gasteiger partial charge in [-0.3, -0.25) is 4.79 Å². The van der Waals surface area contributed by atoms with Crippen molar-refractivity contribution in [2.75, 3.05) is 6.61 Å². The smallest absolute Gasteiger partial charge is 0.416 e. The third kappa shape index (κ3) is 2.35. The van der Waals surface area contributed by atoms with E-state index >= 15 is 0 Å². The van der Waals surface area contributed by atoms with Crippen molar-refractivity contribution in [1.29, 1.82) is 0 Å².